The number of rotatable bonds is 3. The first kappa shape index (κ1) is 9.46. The predicted octanol–water partition coefficient (Wildman–Crippen LogP) is 2.91. The maximum absolute atomic E-state index is 5.58. The largest absolute Gasteiger partial charge is 0.399 e. The van der Waals surface area contributed by atoms with Gasteiger partial charge >= 0.3 is 0 Å². The zero-order valence-corrected chi connectivity index (χ0v) is 8.40. The third-order valence-corrected chi connectivity index (χ3v) is 2.73. The Morgan fingerprint density at radius 2 is 1.83 bits per heavy atom. The van der Waals surface area contributed by atoms with Crippen LogP contribution >= 0.6 is 11.8 Å². The second kappa shape index (κ2) is 4.41. The summed E-state index contributed by atoms with van der Waals surface area (Å²) in [6.45, 7) is 4.42. The van der Waals surface area contributed by atoms with E-state index in [1.54, 1.807) is 0 Å². The molecule has 0 amide bonds. The molecule has 0 saturated heterocycles. The average molecular weight is 181 g/mol. The van der Waals surface area contributed by atoms with Gasteiger partial charge in [0, 0.05) is 11.4 Å². The minimum Gasteiger partial charge on any atom is -0.399 e. The van der Waals surface area contributed by atoms with Crippen LogP contribution in [0.25, 0.3) is 0 Å². The monoisotopic (exact) mass is 181 g/mol. The summed E-state index contributed by atoms with van der Waals surface area (Å²) in [5, 5.41) is 0.697. The van der Waals surface area contributed by atoms with Gasteiger partial charge in [0.1, 0.15) is 0 Å². The quantitative estimate of drug-likeness (QED) is 0.726. The summed E-state index contributed by atoms with van der Waals surface area (Å²) in [5.41, 5.74) is 7.77. The summed E-state index contributed by atoms with van der Waals surface area (Å²) >= 11 is 1.95. The number of nitrogens with two attached hydrogens (primary N) is 1. The highest BCUT2D eigenvalue weighted by molar-refractivity contribution is 7.99. The highest BCUT2D eigenvalue weighted by Gasteiger charge is 1.95. The molecular formula is C10H15NS. The van der Waals surface area contributed by atoms with Crippen molar-refractivity contribution < 1.29 is 0 Å². The van der Waals surface area contributed by atoms with Gasteiger partial charge in [0.05, 0.1) is 0 Å². The van der Waals surface area contributed by atoms with E-state index in [4.69, 9.17) is 5.73 Å². The van der Waals surface area contributed by atoms with Gasteiger partial charge in [0.25, 0.3) is 0 Å². The first-order valence-electron chi connectivity index (χ1n) is 4.14. The third-order valence-electron chi connectivity index (χ3n) is 1.56. The maximum Gasteiger partial charge on any atom is 0.0314 e. The molecule has 1 rings (SSSR count). The molecule has 0 unspecified atom stereocenters. The Bertz CT molecular complexity index is 228. The standard InChI is InChI=1S/C10H15NS/c1-8(2)12-7-9-3-5-10(11)6-4-9/h3-6,8H,7,11H2,1-2H3. The van der Waals surface area contributed by atoms with Crippen LogP contribution in [-0.4, -0.2) is 5.25 Å². The second-order valence-electron chi connectivity index (χ2n) is 3.10. The lowest BCUT2D eigenvalue weighted by Crippen LogP contribution is -1.89. The van der Waals surface area contributed by atoms with Gasteiger partial charge in [0.2, 0.25) is 0 Å². The van der Waals surface area contributed by atoms with Gasteiger partial charge in [-0.2, -0.15) is 11.8 Å². The lowest BCUT2D eigenvalue weighted by molar-refractivity contribution is 1.11. The van der Waals surface area contributed by atoms with Crippen LogP contribution in [0, 0.1) is 0 Å². The molecule has 0 atom stereocenters. The molecule has 0 heterocycles. The van der Waals surface area contributed by atoms with Crippen molar-refractivity contribution in [1.82, 2.24) is 0 Å². The van der Waals surface area contributed by atoms with E-state index in [2.05, 4.69) is 26.0 Å². The molecule has 12 heavy (non-hydrogen) atoms. The number of hydrogen-bond acceptors (Lipinski definition) is 2. The van der Waals surface area contributed by atoms with Crippen molar-refractivity contribution in [1.29, 1.82) is 0 Å². The number of benzene rings is 1. The highest BCUT2D eigenvalue weighted by Crippen LogP contribution is 2.17. The Balaban J connectivity index is 2.48. The zero-order valence-electron chi connectivity index (χ0n) is 7.58. The summed E-state index contributed by atoms with van der Waals surface area (Å²) in [7, 11) is 0. The number of nitrogen functional groups attached to an aromatic ring is 1. The van der Waals surface area contributed by atoms with Crippen molar-refractivity contribution >= 4 is 17.4 Å². The summed E-state index contributed by atoms with van der Waals surface area (Å²) in [6.07, 6.45) is 0. The normalized spacial score (nSPS) is 10.6. The highest BCUT2D eigenvalue weighted by atomic mass is 32.2. The molecule has 0 aromatic heterocycles. The number of thioether (sulfide) groups is 1. The lowest BCUT2D eigenvalue weighted by Gasteiger charge is -2.04. The summed E-state index contributed by atoms with van der Waals surface area (Å²) in [4.78, 5) is 0. The Hall–Kier alpha value is -0.630. The second-order valence-corrected chi connectivity index (χ2v) is 4.67. The van der Waals surface area contributed by atoms with Crippen molar-refractivity contribution in [3.05, 3.63) is 29.8 Å². The Kier molecular flexibility index (Phi) is 3.48. The van der Waals surface area contributed by atoms with E-state index in [0.717, 1.165) is 11.4 Å². The minimum atomic E-state index is 0.697. The Morgan fingerprint density at radius 3 is 2.33 bits per heavy atom. The molecule has 0 aliphatic carbocycles. The van der Waals surface area contributed by atoms with E-state index in [1.807, 2.05) is 23.9 Å². The molecule has 0 aliphatic rings. The first-order chi connectivity index (χ1) is 5.68. The summed E-state index contributed by atoms with van der Waals surface area (Å²) in [5.74, 6) is 1.08. The predicted molar refractivity (Wildman–Crippen MR) is 57.3 cm³/mol. The summed E-state index contributed by atoms with van der Waals surface area (Å²) in [6, 6.07) is 8.09. The van der Waals surface area contributed by atoms with E-state index in [1.165, 1.54) is 5.56 Å². The van der Waals surface area contributed by atoms with E-state index in [0.29, 0.717) is 5.25 Å². The molecule has 1 nitrogen and oxygen atoms in total. The van der Waals surface area contributed by atoms with Gasteiger partial charge in [-0.25, -0.2) is 0 Å². The van der Waals surface area contributed by atoms with Gasteiger partial charge < -0.3 is 5.73 Å². The smallest absolute Gasteiger partial charge is 0.0314 e. The van der Waals surface area contributed by atoms with Gasteiger partial charge in [-0.3, -0.25) is 0 Å². The van der Waals surface area contributed by atoms with Crippen LogP contribution in [-0.2, 0) is 5.75 Å². The van der Waals surface area contributed by atoms with Crippen LogP contribution in [0.1, 0.15) is 19.4 Å². The van der Waals surface area contributed by atoms with E-state index < -0.39 is 0 Å². The van der Waals surface area contributed by atoms with Crippen LogP contribution in [0.15, 0.2) is 24.3 Å². The number of anilines is 1. The minimum absolute atomic E-state index is 0.697. The fraction of sp³-hybridized carbons (Fsp3) is 0.400. The van der Waals surface area contributed by atoms with Crippen LogP contribution < -0.4 is 5.73 Å². The van der Waals surface area contributed by atoms with E-state index >= 15 is 0 Å². The van der Waals surface area contributed by atoms with Crippen molar-refractivity contribution in [2.45, 2.75) is 24.9 Å². The van der Waals surface area contributed by atoms with Gasteiger partial charge in [-0.1, -0.05) is 26.0 Å². The molecule has 0 saturated carbocycles. The molecule has 2 heteroatoms. The van der Waals surface area contributed by atoms with Crippen LogP contribution in [0.4, 0.5) is 5.69 Å². The fourth-order valence-electron chi connectivity index (χ4n) is 0.877. The molecule has 1 aromatic rings. The lowest BCUT2D eigenvalue weighted by atomic mass is 10.2. The van der Waals surface area contributed by atoms with Crippen molar-refractivity contribution in [2.24, 2.45) is 0 Å². The first-order valence-corrected chi connectivity index (χ1v) is 5.19. The molecule has 0 radical (unpaired) electrons. The van der Waals surface area contributed by atoms with Crippen molar-refractivity contribution in [2.75, 3.05) is 5.73 Å². The van der Waals surface area contributed by atoms with Crippen LogP contribution in [0.3, 0.4) is 0 Å². The van der Waals surface area contributed by atoms with Gasteiger partial charge in [-0.15, -0.1) is 0 Å². The topological polar surface area (TPSA) is 26.0 Å². The van der Waals surface area contributed by atoms with Crippen molar-refractivity contribution in [3.8, 4) is 0 Å². The molecule has 0 bridgehead atoms. The Morgan fingerprint density at radius 1 is 1.25 bits per heavy atom. The molecule has 1 aromatic carbocycles. The van der Waals surface area contributed by atoms with E-state index in [-0.39, 0.29) is 0 Å². The molecule has 0 aliphatic heterocycles. The number of hydrogen-bond donors (Lipinski definition) is 1. The van der Waals surface area contributed by atoms with Crippen molar-refractivity contribution in [3.63, 3.8) is 0 Å². The fourth-order valence-corrected chi connectivity index (χ4v) is 1.59. The maximum atomic E-state index is 5.58. The van der Waals surface area contributed by atoms with Gasteiger partial charge in [0.15, 0.2) is 0 Å². The summed E-state index contributed by atoms with van der Waals surface area (Å²) < 4.78 is 0. The SMILES string of the molecule is CC(C)SCc1ccc(N)cc1. The third kappa shape index (κ3) is 3.18. The van der Waals surface area contributed by atoms with Crippen LogP contribution in [0.5, 0.6) is 0 Å². The van der Waals surface area contributed by atoms with Gasteiger partial charge in [-0.05, 0) is 22.9 Å². The average Bonchev–Trinajstić information content (AvgIpc) is 2.03. The molecular weight excluding hydrogens is 166 g/mol. The molecule has 0 fully saturated rings. The molecule has 2 N–H and O–H groups in total. The zero-order chi connectivity index (χ0) is 8.97. The molecule has 66 valence electrons. The van der Waals surface area contributed by atoms with E-state index in [9.17, 15) is 0 Å². The molecule has 0 spiro atoms. The Labute approximate surface area is 78.4 Å². The van der Waals surface area contributed by atoms with Crippen LogP contribution in [0.2, 0.25) is 0 Å².